The van der Waals surface area contributed by atoms with Gasteiger partial charge in [-0.3, -0.25) is 24.6 Å². The maximum Gasteiger partial charge on any atom is 0.271 e. The van der Waals surface area contributed by atoms with Gasteiger partial charge in [0.05, 0.1) is 45.6 Å². The second kappa shape index (κ2) is 12.8. The number of thioether (sulfide) groups is 1. The number of anilines is 2. The summed E-state index contributed by atoms with van der Waals surface area (Å²) in [5.41, 5.74) is 8.71. The first-order valence-electron chi connectivity index (χ1n) is 13.1. The van der Waals surface area contributed by atoms with Crippen LogP contribution in [-0.2, 0) is 9.59 Å². The molecule has 1 amide bonds. The molecule has 0 spiro atoms. The number of hydrogen-bond acceptors (Lipinski definition) is 12. The van der Waals surface area contributed by atoms with E-state index >= 15 is 0 Å². The Hall–Kier alpha value is -4.45. The Kier molecular flexibility index (Phi) is 8.95. The number of halogens is 1. The third-order valence-electron chi connectivity index (χ3n) is 6.79. The number of nitriles is 1. The standard InChI is InChI=1S/C28H24ClN7O5S2/c1-2-41-17-9-6-15(7-10-17)24-18(13-30)26(31)35(21-4-3-5-22(37)25(21)24)27-33-34-28(43-27)42-14-23(38)32-20-12-16(36(39)40)8-11-19(20)29/h6-12,24H,2-5,14,31H2,1H3,(H,32,38). The van der Waals surface area contributed by atoms with E-state index in [1.807, 2.05) is 19.1 Å². The number of allylic oxidation sites excluding steroid dienone is 3. The normalized spacial score (nSPS) is 16.5. The number of ketones is 1. The lowest BCUT2D eigenvalue weighted by atomic mass is 9.76. The topological polar surface area (TPSA) is 177 Å². The summed E-state index contributed by atoms with van der Waals surface area (Å²) in [5.74, 6) is -0.347. The lowest BCUT2D eigenvalue weighted by Gasteiger charge is -2.38. The molecule has 1 aliphatic carbocycles. The third kappa shape index (κ3) is 6.19. The van der Waals surface area contributed by atoms with E-state index in [2.05, 4.69) is 21.6 Å². The van der Waals surface area contributed by atoms with E-state index < -0.39 is 16.7 Å². The molecule has 1 aliphatic heterocycles. The zero-order valence-corrected chi connectivity index (χ0v) is 25.1. The third-order valence-corrected chi connectivity index (χ3v) is 9.16. The molecule has 0 fully saturated rings. The van der Waals surface area contributed by atoms with Gasteiger partial charge < -0.3 is 15.8 Å². The van der Waals surface area contributed by atoms with Crippen molar-refractivity contribution in [1.82, 2.24) is 10.2 Å². The molecular weight excluding hydrogens is 614 g/mol. The van der Waals surface area contributed by atoms with Crippen LogP contribution in [0.25, 0.3) is 0 Å². The van der Waals surface area contributed by atoms with Gasteiger partial charge in [0, 0.05) is 29.8 Å². The predicted octanol–water partition coefficient (Wildman–Crippen LogP) is 5.53. The number of nitrogens with one attached hydrogen (secondary N) is 1. The lowest BCUT2D eigenvalue weighted by Crippen LogP contribution is -2.38. The Balaban J connectivity index is 1.39. The van der Waals surface area contributed by atoms with E-state index in [0.29, 0.717) is 52.4 Å². The summed E-state index contributed by atoms with van der Waals surface area (Å²) in [7, 11) is 0. The summed E-state index contributed by atoms with van der Waals surface area (Å²) >= 11 is 8.34. The van der Waals surface area contributed by atoms with E-state index in [-0.39, 0.29) is 39.3 Å². The zero-order chi connectivity index (χ0) is 30.7. The summed E-state index contributed by atoms with van der Waals surface area (Å²) in [6, 6.07) is 13.3. The fourth-order valence-electron chi connectivity index (χ4n) is 4.95. The molecule has 0 saturated carbocycles. The van der Waals surface area contributed by atoms with Crippen LogP contribution in [-0.4, -0.2) is 39.2 Å². The largest absolute Gasteiger partial charge is 0.494 e. The minimum atomic E-state index is -0.620. The number of nitro groups is 1. The van der Waals surface area contributed by atoms with Crippen LogP contribution in [0.4, 0.5) is 16.5 Å². The highest BCUT2D eigenvalue weighted by molar-refractivity contribution is 8.01. The molecule has 2 heterocycles. The second-order valence-corrected chi connectivity index (χ2v) is 12.0. The van der Waals surface area contributed by atoms with E-state index in [1.165, 1.54) is 18.2 Å². The van der Waals surface area contributed by atoms with Crippen LogP contribution < -0.4 is 20.7 Å². The molecule has 1 aromatic heterocycles. The fourth-order valence-corrected chi connectivity index (χ4v) is 6.79. The van der Waals surface area contributed by atoms with Crippen molar-refractivity contribution in [2.24, 2.45) is 5.73 Å². The number of benzene rings is 2. The number of ether oxygens (including phenoxy) is 1. The van der Waals surface area contributed by atoms with Gasteiger partial charge in [-0.1, -0.05) is 46.8 Å². The van der Waals surface area contributed by atoms with E-state index in [9.17, 15) is 25.0 Å². The number of hydrogen-bond donors (Lipinski definition) is 2. The molecule has 15 heteroatoms. The molecule has 1 unspecified atom stereocenters. The highest BCUT2D eigenvalue weighted by Gasteiger charge is 2.41. The highest BCUT2D eigenvalue weighted by atomic mass is 35.5. The van der Waals surface area contributed by atoms with Crippen molar-refractivity contribution in [3.63, 3.8) is 0 Å². The van der Waals surface area contributed by atoms with E-state index in [4.69, 9.17) is 22.1 Å². The number of nitrogens with zero attached hydrogens (tertiary/aromatic N) is 5. The number of rotatable bonds is 9. The Morgan fingerprint density at radius 2 is 2.07 bits per heavy atom. The molecule has 220 valence electrons. The van der Waals surface area contributed by atoms with Crippen LogP contribution in [0.5, 0.6) is 5.75 Å². The quantitative estimate of drug-likeness (QED) is 0.171. The number of carbonyl (C=O) groups excluding carboxylic acids is 2. The van der Waals surface area contributed by atoms with Crippen molar-refractivity contribution >= 4 is 62.9 Å². The minimum Gasteiger partial charge on any atom is -0.494 e. The van der Waals surface area contributed by atoms with Crippen LogP contribution >= 0.6 is 34.7 Å². The van der Waals surface area contributed by atoms with Gasteiger partial charge >= 0.3 is 0 Å². The lowest BCUT2D eigenvalue weighted by molar-refractivity contribution is -0.384. The molecule has 0 saturated heterocycles. The van der Waals surface area contributed by atoms with Crippen molar-refractivity contribution < 1.29 is 19.2 Å². The van der Waals surface area contributed by atoms with Gasteiger partial charge in [0.1, 0.15) is 11.6 Å². The van der Waals surface area contributed by atoms with Crippen molar-refractivity contribution in [2.45, 2.75) is 36.4 Å². The average molecular weight is 638 g/mol. The SMILES string of the molecule is CCOc1ccc(C2C(C#N)=C(N)N(c3nnc(SCC(=O)Nc4cc([N+](=O)[O-])ccc4Cl)s3)C3=C2C(=O)CCC3)cc1. The number of nitrogens with two attached hydrogens (primary N) is 1. The number of aromatic nitrogens is 2. The minimum absolute atomic E-state index is 0.0546. The number of non-ortho nitro benzene ring substituents is 1. The monoisotopic (exact) mass is 637 g/mol. The number of carbonyl (C=O) groups is 2. The molecule has 3 N–H and O–H groups in total. The maximum absolute atomic E-state index is 13.3. The first kappa shape index (κ1) is 30.0. The molecule has 12 nitrogen and oxygen atoms in total. The van der Waals surface area contributed by atoms with E-state index in [0.717, 1.165) is 28.7 Å². The summed E-state index contributed by atoms with van der Waals surface area (Å²) in [5, 5.41) is 32.8. The first-order chi connectivity index (χ1) is 20.7. The van der Waals surface area contributed by atoms with Crippen molar-refractivity contribution in [2.75, 3.05) is 22.6 Å². The van der Waals surface area contributed by atoms with Crippen LogP contribution in [0, 0.1) is 21.4 Å². The summed E-state index contributed by atoms with van der Waals surface area (Å²) in [6.45, 7) is 2.40. The van der Waals surface area contributed by atoms with Gasteiger partial charge in [0.2, 0.25) is 11.0 Å². The molecule has 2 aromatic carbocycles. The summed E-state index contributed by atoms with van der Waals surface area (Å²) in [6.07, 6.45) is 1.54. The molecule has 0 radical (unpaired) electrons. The van der Waals surface area contributed by atoms with Crippen LogP contribution in [0.2, 0.25) is 5.02 Å². The molecule has 5 rings (SSSR count). The van der Waals surface area contributed by atoms with Crippen molar-refractivity contribution in [1.29, 1.82) is 5.26 Å². The Bertz CT molecular complexity index is 1710. The Morgan fingerprint density at radius 1 is 1.30 bits per heavy atom. The van der Waals surface area contributed by atoms with Gasteiger partial charge in [-0.2, -0.15) is 5.26 Å². The molecular formula is C28H24ClN7O5S2. The van der Waals surface area contributed by atoms with Gasteiger partial charge in [-0.15, -0.1) is 10.2 Å². The predicted molar refractivity (Wildman–Crippen MR) is 163 cm³/mol. The number of amides is 1. The first-order valence-corrected chi connectivity index (χ1v) is 15.3. The van der Waals surface area contributed by atoms with Crippen LogP contribution in [0.1, 0.15) is 37.7 Å². The number of Topliss-reactive ketones (excluding diaryl/α,β-unsaturated/α-hetero) is 1. The number of nitro benzene ring substituents is 1. The summed E-state index contributed by atoms with van der Waals surface area (Å²) in [4.78, 5) is 38.0. The molecule has 3 aromatic rings. The molecule has 0 bridgehead atoms. The molecule has 2 aliphatic rings. The summed E-state index contributed by atoms with van der Waals surface area (Å²) < 4.78 is 5.99. The Morgan fingerprint density at radius 3 is 2.77 bits per heavy atom. The zero-order valence-electron chi connectivity index (χ0n) is 22.7. The van der Waals surface area contributed by atoms with Crippen molar-refractivity contribution in [3.8, 4) is 11.8 Å². The van der Waals surface area contributed by atoms with Crippen molar-refractivity contribution in [3.05, 3.63) is 85.8 Å². The maximum atomic E-state index is 13.3. The van der Waals surface area contributed by atoms with Crippen LogP contribution in [0.15, 0.2) is 69.5 Å². The fraction of sp³-hybridized carbons (Fsp3) is 0.250. The molecule has 43 heavy (non-hydrogen) atoms. The molecule has 1 atom stereocenters. The van der Waals surface area contributed by atoms with Crippen LogP contribution in [0.3, 0.4) is 0 Å². The second-order valence-electron chi connectivity index (χ2n) is 9.43. The van der Waals surface area contributed by atoms with Gasteiger partial charge in [0.15, 0.2) is 10.1 Å². The highest BCUT2D eigenvalue weighted by Crippen LogP contribution is 2.47. The Labute approximate surface area is 259 Å². The average Bonchev–Trinajstić information content (AvgIpc) is 3.45. The van der Waals surface area contributed by atoms with Gasteiger partial charge in [-0.05, 0) is 43.5 Å². The van der Waals surface area contributed by atoms with E-state index in [1.54, 1.807) is 17.0 Å². The smallest absolute Gasteiger partial charge is 0.271 e. The van der Waals surface area contributed by atoms with Gasteiger partial charge in [-0.25, -0.2) is 0 Å². The van der Waals surface area contributed by atoms with Gasteiger partial charge in [0.25, 0.3) is 5.69 Å².